The summed E-state index contributed by atoms with van der Waals surface area (Å²) < 4.78 is 4.50. The van der Waals surface area contributed by atoms with Crippen LogP contribution in [0.25, 0.3) is 0 Å². The quantitative estimate of drug-likeness (QED) is 0.368. The van der Waals surface area contributed by atoms with Crippen LogP contribution in [-0.2, 0) is 14.3 Å². The van der Waals surface area contributed by atoms with Gasteiger partial charge in [-0.2, -0.15) is 0 Å². The van der Waals surface area contributed by atoms with E-state index < -0.39 is 17.1 Å². The van der Waals surface area contributed by atoms with Crippen LogP contribution in [0.2, 0.25) is 0 Å². The normalized spacial score (nSPS) is 41.1. The summed E-state index contributed by atoms with van der Waals surface area (Å²) >= 11 is 3.47. The van der Waals surface area contributed by atoms with Crippen LogP contribution in [0.1, 0.15) is 26.7 Å². The Labute approximate surface area is 115 Å². The van der Waals surface area contributed by atoms with Gasteiger partial charge in [0.1, 0.15) is 0 Å². The van der Waals surface area contributed by atoms with Crippen molar-refractivity contribution in [1.82, 2.24) is 0 Å². The second-order valence-electron chi connectivity index (χ2n) is 5.56. The fraction of sp³-hybridized carbons (Fsp3) is 0.692. The van der Waals surface area contributed by atoms with Gasteiger partial charge in [-0.15, -0.1) is 0 Å². The Morgan fingerprint density at radius 2 is 2.17 bits per heavy atom. The molecule has 0 aromatic rings. The van der Waals surface area contributed by atoms with Gasteiger partial charge in [-0.05, 0) is 24.2 Å². The van der Waals surface area contributed by atoms with Gasteiger partial charge in [-0.25, -0.2) is 4.79 Å². The number of carbonyl (C=O) groups excluding carboxylic acids is 2. The Balaban J connectivity index is 2.57. The molecule has 2 fully saturated rings. The molecule has 3 atom stereocenters. The second kappa shape index (κ2) is 4.08. The molecule has 0 aromatic heterocycles. The minimum atomic E-state index is -0.827. The topological polar surface area (TPSA) is 63.6 Å². The van der Waals surface area contributed by atoms with Crippen LogP contribution in [-0.4, -0.2) is 29.3 Å². The number of carbonyl (C=O) groups is 2. The van der Waals surface area contributed by atoms with E-state index in [1.54, 1.807) is 0 Å². The molecule has 1 N–H and O–H groups in total. The van der Waals surface area contributed by atoms with E-state index >= 15 is 0 Å². The fourth-order valence-corrected chi connectivity index (χ4v) is 4.44. The second-order valence-corrected chi connectivity index (χ2v) is 6.12. The number of ether oxygens (including phenoxy) is 1. The zero-order chi connectivity index (χ0) is 13.7. The third-order valence-corrected chi connectivity index (χ3v) is 6.13. The van der Waals surface area contributed by atoms with Crippen molar-refractivity contribution >= 4 is 27.7 Å². The van der Waals surface area contributed by atoms with Crippen molar-refractivity contribution in [2.24, 2.45) is 16.7 Å². The summed E-state index contributed by atoms with van der Waals surface area (Å²) in [6.07, 6.45) is 1.62. The number of ketones is 1. The number of aliphatic hydroxyl groups excluding tert-OH is 1. The smallest absolute Gasteiger partial charge is 0.373 e. The number of alkyl halides is 1. The molecule has 4 nitrogen and oxygen atoms in total. The maximum absolute atomic E-state index is 12.5. The molecular weight excluding hydrogens is 300 g/mol. The lowest BCUT2D eigenvalue weighted by Crippen LogP contribution is -2.36. The highest BCUT2D eigenvalue weighted by molar-refractivity contribution is 9.09. The van der Waals surface area contributed by atoms with Gasteiger partial charge < -0.3 is 9.84 Å². The van der Waals surface area contributed by atoms with Crippen LogP contribution in [0.5, 0.6) is 0 Å². The van der Waals surface area contributed by atoms with Gasteiger partial charge in [0.05, 0.1) is 7.11 Å². The van der Waals surface area contributed by atoms with Crippen LogP contribution in [0.3, 0.4) is 0 Å². The zero-order valence-corrected chi connectivity index (χ0v) is 12.3. The molecule has 0 unspecified atom stereocenters. The van der Waals surface area contributed by atoms with Crippen LogP contribution < -0.4 is 0 Å². The van der Waals surface area contributed by atoms with Crippen LogP contribution >= 0.6 is 15.9 Å². The molecule has 0 saturated heterocycles. The molecule has 2 bridgehead atoms. The SMILES string of the molecule is COC(=O)C(O)=C1C(=O)[C@@]2(C)CC[C@@H]1[C@@]2(C)CBr. The average Bonchev–Trinajstić information content (AvgIpc) is 2.71. The lowest BCUT2D eigenvalue weighted by atomic mass is 9.70. The lowest BCUT2D eigenvalue weighted by molar-refractivity contribution is -0.139. The predicted molar refractivity (Wildman–Crippen MR) is 69.4 cm³/mol. The first kappa shape index (κ1) is 13.6. The minimum Gasteiger partial charge on any atom is -0.502 e. The standard InChI is InChI=1S/C13H17BrO4/c1-12-5-4-7(13(12,2)6-14)8(10(12)16)9(15)11(17)18-3/h7,15H,4-6H2,1-3H3/t7-,12+,13+/m0/s1. The number of methoxy groups -OCH3 is 1. The minimum absolute atomic E-state index is 0.0755. The summed E-state index contributed by atoms with van der Waals surface area (Å²) in [6, 6.07) is 0. The van der Waals surface area contributed by atoms with E-state index in [2.05, 4.69) is 20.7 Å². The van der Waals surface area contributed by atoms with Crippen molar-refractivity contribution in [3.05, 3.63) is 11.3 Å². The molecule has 0 heterocycles. The maximum Gasteiger partial charge on any atom is 0.373 e. The van der Waals surface area contributed by atoms with Crippen LogP contribution in [0, 0.1) is 16.7 Å². The number of halogens is 1. The summed E-state index contributed by atoms with van der Waals surface area (Å²) in [5.41, 5.74) is -0.488. The van der Waals surface area contributed by atoms with Gasteiger partial charge in [0.2, 0.25) is 5.76 Å². The van der Waals surface area contributed by atoms with Gasteiger partial charge in [-0.3, -0.25) is 4.79 Å². The van der Waals surface area contributed by atoms with Gasteiger partial charge >= 0.3 is 5.97 Å². The number of hydrogen-bond acceptors (Lipinski definition) is 4. The summed E-state index contributed by atoms with van der Waals surface area (Å²) in [4.78, 5) is 23.9. The highest BCUT2D eigenvalue weighted by Gasteiger charge is 2.67. The Bertz CT molecular complexity index is 456. The largest absolute Gasteiger partial charge is 0.502 e. The summed E-state index contributed by atoms with van der Waals surface area (Å²) in [5, 5.41) is 10.6. The van der Waals surface area contributed by atoms with E-state index in [1.165, 1.54) is 7.11 Å². The molecule has 2 rings (SSSR count). The average molecular weight is 317 g/mol. The van der Waals surface area contributed by atoms with Crippen LogP contribution in [0.4, 0.5) is 0 Å². The van der Waals surface area contributed by atoms with Crippen molar-refractivity contribution in [3.63, 3.8) is 0 Å². The molecule has 0 amide bonds. The van der Waals surface area contributed by atoms with Gasteiger partial charge in [0.25, 0.3) is 0 Å². The lowest BCUT2D eigenvalue weighted by Gasteiger charge is -2.34. The molecule has 0 radical (unpaired) electrons. The first-order valence-electron chi connectivity index (χ1n) is 5.95. The summed E-state index contributed by atoms with van der Waals surface area (Å²) in [7, 11) is 1.20. The van der Waals surface area contributed by atoms with Crippen molar-refractivity contribution < 1.29 is 19.4 Å². The molecule has 2 aliphatic carbocycles. The molecule has 100 valence electrons. The van der Waals surface area contributed by atoms with E-state index in [1.807, 2.05) is 13.8 Å². The number of rotatable bonds is 2. The molecule has 0 spiro atoms. The Hall–Kier alpha value is -0.840. The molecule has 2 saturated carbocycles. The van der Waals surface area contributed by atoms with Gasteiger partial charge in [0.15, 0.2) is 5.78 Å². The molecule has 2 aliphatic rings. The monoisotopic (exact) mass is 316 g/mol. The fourth-order valence-electron chi connectivity index (χ4n) is 3.43. The molecule has 0 aliphatic heterocycles. The van der Waals surface area contributed by atoms with Crippen molar-refractivity contribution in [2.45, 2.75) is 26.7 Å². The third-order valence-electron chi connectivity index (χ3n) is 4.97. The number of esters is 1. The Morgan fingerprint density at radius 3 is 2.61 bits per heavy atom. The van der Waals surface area contributed by atoms with E-state index in [0.29, 0.717) is 5.33 Å². The predicted octanol–water partition coefficient (Wildman–Crippen LogP) is 2.37. The van der Waals surface area contributed by atoms with Crippen molar-refractivity contribution in [3.8, 4) is 0 Å². The van der Waals surface area contributed by atoms with E-state index in [0.717, 1.165) is 12.8 Å². The zero-order valence-electron chi connectivity index (χ0n) is 10.7. The molecule has 0 aromatic carbocycles. The first-order valence-corrected chi connectivity index (χ1v) is 7.08. The van der Waals surface area contributed by atoms with Crippen LogP contribution in [0.15, 0.2) is 11.3 Å². The number of Topliss-reactive ketones (excluding diaryl/α,β-unsaturated/α-hetero) is 1. The van der Waals surface area contributed by atoms with E-state index in [9.17, 15) is 14.7 Å². The molecular formula is C13H17BrO4. The van der Waals surface area contributed by atoms with E-state index in [-0.39, 0.29) is 22.7 Å². The first-order chi connectivity index (χ1) is 8.33. The number of allylic oxidation sites excluding steroid dienone is 1. The van der Waals surface area contributed by atoms with Gasteiger partial charge in [-0.1, -0.05) is 29.8 Å². The van der Waals surface area contributed by atoms with Gasteiger partial charge in [0, 0.05) is 16.3 Å². The third kappa shape index (κ3) is 1.37. The van der Waals surface area contributed by atoms with Crippen molar-refractivity contribution in [1.29, 1.82) is 0 Å². The number of fused-ring (bicyclic) bond motifs is 2. The summed E-state index contributed by atoms with van der Waals surface area (Å²) in [6.45, 7) is 3.96. The Kier molecular flexibility index (Phi) is 3.08. The molecule has 18 heavy (non-hydrogen) atoms. The highest BCUT2D eigenvalue weighted by Crippen LogP contribution is 2.66. The number of aliphatic hydroxyl groups is 1. The maximum atomic E-state index is 12.5. The van der Waals surface area contributed by atoms with E-state index in [4.69, 9.17) is 0 Å². The molecule has 5 heteroatoms. The highest BCUT2D eigenvalue weighted by atomic mass is 79.9. The van der Waals surface area contributed by atoms with Crippen molar-refractivity contribution in [2.75, 3.05) is 12.4 Å². The Morgan fingerprint density at radius 1 is 1.56 bits per heavy atom. The number of hydrogen-bond donors (Lipinski definition) is 1. The summed E-state index contributed by atoms with van der Waals surface area (Å²) in [5.74, 6) is -1.52.